The van der Waals surface area contributed by atoms with Gasteiger partial charge in [0, 0.05) is 29.7 Å². The minimum atomic E-state index is -0.560. The fourth-order valence-corrected chi connectivity index (χ4v) is 2.12. The maximum absolute atomic E-state index is 12.3. The van der Waals surface area contributed by atoms with E-state index in [1.165, 1.54) is 19.4 Å². The Kier molecular flexibility index (Phi) is 11.5. The summed E-state index contributed by atoms with van der Waals surface area (Å²) in [7, 11) is 1.27. The Hall–Kier alpha value is -2.57. The van der Waals surface area contributed by atoms with Crippen molar-refractivity contribution in [1.29, 1.82) is 0 Å². The number of rotatable bonds is 11. The molecule has 0 bridgehead atoms. The van der Waals surface area contributed by atoms with Crippen molar-refractivity contribution in [1.82, 2.24) is 5.32 Å². The summed E-state index contributed by atoms with van der Waals surface area (Å²) >= 11 is 0. The maximum Gasteiger partial charge on any atom is 0.410 e. The van der Waals surface area contributed by atoms with Crippen LogP contribution >= 0.6 is 0 Å². The molecule has 27 heavy (non-hydrogen) atoms. The third-order valence-electron chi connectivity index (χ3n) is 4.39. The lowest BCUT2D eigenvalue weighted by Gasteiger charge is -2.16. The Morgan fingerprint density at radius 1 is 1.19 bits per heavy atom. The molecule has 0 radical (unpaired) electrons. The van der Waals surface area contributed by atoms with Crippen LogP contribution in [-0.2, 0) is 19.1 Å². The molecule has 7 heteroatoms. The largest absolute Gasteiger partial charge is 0.507 e. The zero-order chi connectivity index (χ0) is 21.0. The van der Waals surface area contributed by atoms with Gasteiger partial charge in [-0.05, 0) is 25.7 Å². The van der Waals surface area contributed by atoms with Crippen LogP contribution in [0.4, 0.5) is 4.79 Å². The third kappa shape index (κ3) is 9.08. The summed E-state index contributed by atoms with van der Waals surface area (Å²) in [6, 6.07) is 0. The van der Waals surface area contributed by atoms with Crippen LogP contribution in [0.1, 0.15) is 47.5 Å². The van der Waals surface area contributed by atoms with E-state index in [1.807, 2.05) is 27.7 Å². The Balaban J connectivity index is 5.11. The van der Waals surface area contributed by atoms with E-state index < -0.39 is 6.09 Å². The van der Waals surface area contributed by atoms with Crippen molar-refractivity contribution in [2.24, 2.45) is 17.8 Å². The number of carbonyl (C=O) groups excluding carboxylic acids is 3. The van der Waals surface area contributed by atoms with Crippen LogP contribution in [-0.4, -0.2) is 30.6 Å². The second kappa shape index (κ2) is 12.7. The van der Waals surface area contributed by atoms with Crippen molar-refractivity contribution >= 4 is 18.3 Å². The molecule has 0 spiro atoms. The van der Waals surface area contributed by atoms with Gasteiger partial charge in [0.05, 0.1) is 7.11 Å². The molecule has 152 valence electrons. The smallest absolute Gasteiger partial charge is 0.410 e. The van der Waals surface area contributed by atoms with Crippen molar-refractivity contribution in [2.45, 2.75) is 47.5 Å². The Morgan fingerprint density at radius 2 is 1.81 bits per heavy atom. The van der Waals surface area contributed by atoms with Gasteiger partial charge in [-0.2, -0.15) is 0 Å². The van der Waals surface area contributed by atoms with Gasteiger partial charge < -0.3 is 14.6 Å². The number of allylic oxidation sites excluding steroid dienone is 4. The number of nitrogens with one attached hydrogen (secondary N) is 1. The molecule has 0 aliphatic carbocycles. The van der Waals surface area contributed by atoms with Gasteiger partial charge in [0.25, 0.3) is 6.47 Å². The molecule has 7 nitrogen and oxygen atoms in total. The van der Waals surface area contributed by atoms with Crippen molar-refractivity contribution < 1.29 is 29.0 Å². The van der Waals surface area contributed by atoms with E-state index in [0.29, 0.717) is 12.8 Å². The van der Waals surface area contributed by atoms with Gasteiger partial charge in [0.15, 0.2) is 5.78 Å². The number of ketones is 1. The van der Waals surface area contributed by atoms with Crippen LogP contribution < -0.4 is 5.32 Å². The number of amides is 1. The highest BCUT2D eigenvalue weighted by Gasteiger charge is 2.21. The second-order valence-corrected chi connectivity index (χ2v) is 6.68. The summed E-state index contributed by atoms with van der Waals surface area (Å²) in [5.74, 6) is -0.348. The van der Waals surface area contributed by atoms with E-state index in [9.17, 15) is 19.5 Å². The zero-order valence-corrected chi connectivity index (χ0v) is 16.9. The molecule has 0 heterocycles. The van der Waals surface area contributed by atoms with E-state index in [4.69, 9.17) is 4.74 Å². The van der Waals surface area contributed by atoms with Crippen LogP contribution in [0.3, 0.4) is 0 Å². The monoisotopic (exact) mass is 381 g/mol. The minimum Gasteiger partial charge on any atom is -0.507 e. The Bertz CT molecular complexity index is 604. The summed E-state index contributed by atoms with van der Waals surface area (Å²) in [5.41, 5.74) is 0.234. The SMILES string of the molecule is COC(=O)N/C=C/CCC(C)/C(=C/C(O)=C(\C)C(=O)C(C)C(C)C)OC=O. The quantitative estimate of drug-likeness (QED) is 0.242. The molecule has 0 aromatic heterocycles. The number of hydrogen-bond acceptors (Lipinski definition) is 6. The zero-order valence-electron chi connectivity index (χ0n) is 16.9. The van der Waals surface area contributed by atoms with Crippen LogP contribution in [0.25, 0.3) is 0 Å². The van der Waals surface area contributed by atoms with Crippen LogP contribution in [0, 0.1) is 17.8 Å². The normalized spacial score (nSPS) is 15.1. The molecule has 2 unspecified atom stereocenters. The third-order valence-corrected chi connectivity index (χ3v) is 4.39. The summed E-state index contributed by atoms with van der Waals surface area (Å²) < 4.78 is 9.42. The Labute approximate surface area is 161 Å². The molecule has 0 aromatic carbocycles. The molecule has 0 rings (SSSR count). The summed E-state index contributed by atoms with van der Waals surface area (Å²) in [4.78, 5) is 34.1. The fourth-order valence-electron chi connectivity index (χ4n) is 2.12. The molecular weight excluding hydrogens is 350 g/mol. The molecule has 0 saturated heterocycles. The van der Waals surface area contributed by atoms with Gasteiger partial charge in [-0.1, -0.05) is 33.8 Å². The van der Waals surface area contributed by atoms with Crippen LogP contribution in [0.15, 0.2) is 35.4 Å². The topological polar surface area (TPSA) is 102 Å². The maximum atomic E-state index is 12.3. The first-order chi connectivity index (χ1) is 12.6. The average Bonchev–Trinajstić information content (AvgIpc) is 2.64. The minimum absolute atomic E-state index is 0.145. The number of hydrogen-bond donors (Lipinski definition) is 2. The van der Waals surface area contributed by atoms with Crippen molar-refractivity contribution in [3.05, 3.63) is 35.4 Å². The second-order valence-electron chi connectivity index (χ2n) is 6.68. The standard InChI is InChI=1S/C20H31NO6/c1-13(2)15(4)19(24)16(5)17(23)11-18(27-12-22)14(3)9-7-8-10-21-20(25)26-6/h8,10-15,23H,7,9H2,1-6H3,(H,21,25)/b10-8+,17-16-,18-11-. The lowest BCUT2D eigenvalue weighted by molar-refractivity contribution is -0.125. The average molecular weight is 381 g/mol. The van der Waals surface area contributed by atoms with E-state index in [1.54, 1.807) is 13.0 Å². The predicted octanol–water partition coefficient (Wildman–Crippen LogP) is 4.02. The number of aliphatic hydroxyl groups excluding tert-OH is 1. The molecular formula is C20H31NO6. The predicted molar refractivity (Wildman–Crippen MR) is 103 cm³/mol. The summed E-state index contributed by atoms with van der Waals surface area (Å²) in [6.45, 7) is 9.37. The summed E-state index contributed by atoms with van der Waals surface area (Å²) in [6.07, 6.45) is 5.15. The molecule has 0 fully saturated rings. The lowest BCUT2D eigenvalue weighted by Crippen LogP contribution is -2.18. The van der Waals surface area contributed by atoms with Crippen molar-refractivity contribution in [2.75, 3.05) is 7.11 Å². The van der Waals surface area contributed by atoms with Gasteiger partial charge >= 0.3 is 6.09 Å². The van der Waals surface area contributed by atoms with E-state index in [-0.39, 0.29) is 47.1 Å². The van der Waals surface area contributed by atoms with Crippen molar-refractivity contribution in [3.8, 4) is 0 Å². The van der Waals surface area contributed by atoms with Crippen molar-refractivity contribution in [3.63, 3.8) is 0 Å². The van der Waals surface area contributed by atoms with E-state index in [2.05, 4.69) is 10.1 Å². The lowest BCUT2D eigenvalue weighted by atomic mass is 9.89. The van der Waals surface area contributed by atoms with Gasteiger partial charge in [0.2, 0.25) is 0 Å². The highest BCUT2D eigenvalue weighted by molar-refractivity contribution is 5.97. The molecule has 2 atom stereocenters. The first kappa shape index (κ1) is 24.4. The highest BCUT2D eigenvalue weighted by atomic mass is 16.5. The molecule has 1 amide bonds. The van der Waals surface area contributed by atoms with E-state index >= 15 is 0 Å². The fraction of sp³-hybridized carbons (Fsp3) is 0.550. The van der Waals surface area contributed by atoms with Gasteiger partial charge in [0.1, 0.15) is 11.5 Å². The number of Topliss-reactive ketones (excluding diaryl/α,β-unsaturated/α-hetero) is 1. The summed E-state index contributed by atoms with van der Waals surface area (Å²) in [5, 5.41) is 12.7. The number of alkyl carbamates (subject to hydrolysis) is 1. The van der Waals surface area contributed by atoms with Crippen LogP contribution in [0.5, 0.6) is 0 Å². The van der Waals surface area contributed by atoms with E-state index in [0.717, 1.165) is 0 Å². The highest BCUT2D eigenvalue weighted by Crippen LogP contribution is 2.22. The molecule has 0 aromatic rings. The van der Waals surface area contributed by atoms with Crippen LogP contribution in [0.2, 0.25) is 0 Å². The number of ether oxygens (including phenoxy) is 2. The molecule has 0 aliphatic rings. The van der Waals surface area contributed by atoms with Gasteiger partial charge in [-0.15, -0.1) is 0 Å². The van der Waals surface area contributed by atoms with Gasteiger partial charge in [-0.3, -0.25) is 14.9 Å². The van der Waals surface area contributed by atoms with Gasteiger partial charge in [-0.25, -0.2) is 4.79 Å². The molecule has 0 saturated carbocycles. The molecule has 2 N–H and O–H groups in total. The number of carbonyl (C=O) groups is 3. The number of methoxy groups -OCH3 is 1. The number of aliphatic hydroxyl groups is 1. The first-order valence-electron chi connectivity index (χ1n) is 8.91. The first-order valence-corrected chi connectivity index (χ1v) is 8.91. The molecule has 0 aliphatic heterocycles. The Morgan fingerprint density at radius 3 is 2.33 bits per heavy atom.